The Kier molecular flexibility index (Phi) is 7.72. The number of hydrogen-bond acceptors (Lipinski definition) is 3. The third kappa shape index (κ3) is 4.99. The zero-order valence-electron chi connectivity index (χ0n) is 13.8. The summed E-state index contributed by atoms with van der Waals surface area (Å²) in [5, 5.41) is 6.21. The molecular formula is C16H31N3O2. The molecule has 1 unspecified atom stereocenters. The largest absolute Gasteiger partial charge is 0.355 e. The van der Waals surface area contributed by atoms with E-state index in [1.165, 1.54) is 0 Å². The third-order valence-corrected chi connectivity index (χ3v) is 4.29. The number of carbonyl (C=O) groups is 2. The van der Waals surface area contributed by atoms with Gasteiger partial charge in [0.05, 0.1) is 12.0 Å². The maximum atomic E-state index is 13.0. The standard InChI is InChI=1S/C16H31N3O2/c1-4-9-18-14(20)12-19(11-5-2)15(21)16(6-3)8-7-10-17-13-16/h17H,4-13H2,1-3H3,(H,18,20). The van der Waals surface area contributed by atoms with Gasteiger partial charge in [0, 0.05) is 19.6 Å². The molecule has 2 amide bonds. The van der Waals surface area contributed by atoms with Crippen LogP contribution in [0.2, 0.25) is 0 Å². The van der Waals surface area contributed by atoms with E-state index >= 15 is 0 Å². The van der Waals surface area contributed by atoms with Crippen molar-refractivity contribution in [2.75, 3.05) is 32.7 Å². The predicted molar refractivity (Wildman–Crippen MR) is 85.0 cm³/mol. The van der Waals surface area contributed by atoms with Crippen molar-refractivity contribution in [3.63, 3.8) is 0 Å². The minimum atomic E-state index is -0.321. The summed E-state index contributed by atoms with van der Waals surface area (Å²) in [7, 11) is 0. The minimum Gasteiger partial charge on any atom is -0.355 e. The van der Waals surface area contributed by atoms with Crippen LogP contribution in [0.15, 0.2) is 0 Å². The zero-order valence-corrected chi connectivity index (χ0v) is 13.8. The maximum Gasteiger partial charge on any atom is 0.239 e. The molecule has 122 valence electrons. The number of amides is 2. The summed E-state index contributed by atoms with van der Waals surface area (Å²) >= 11 is 0. The van der Waals surface area contributed by atoms with Gasteiger partial charge in [-0.25, -0.2) is 0 Å². The molecule has 2 N–H and O–H groups in total. The molecule has 1 atom stereocenters. The van der Waals surface area contributed by atoms with Gasteiger partial charge in [-0.1, -0.05) is 20.8 Å². The lowest BCUT2D eigenvalue weighted by Gasteiger charge is -2.39. The van der Waals surface area contributed by atoms with Crippen molar-refractivity contribution in [1.82, 2.24) is 15.5 Å². The first kappa shape index (κ1) is 18.0. The highest BCUT2D eigenvalue weighted by molar-refractivity contribution is 5.88. The van der Waals surface area contributed by atoms with E-state index in [0.29, 0.717) is 13.1 Å². The molecule has 1 rings (SSSR count). The number of hydrogen-bond donors (Lipinski definition) is 2. The Morgan fingerprint density at radius 2 is 2.00 bits per heavy atom. The molecule has 1 aliphatic rings. The Labute approximate surface area is 128 Å². The zero-order chi connectivity index (χ0) is 15.7. The van der Waals surface area contributed by atoms with Crippen LogP contribution in [0.1, 0.15) is 52.9 Å². The van der Waals surface area contributed by atoms with Crippen molar-refractivity contribution < 1.29 is 9.59 Å². The van der Waals surface area contributed by atoms with Crippen molar-refractivity contribution in [1.29, 1.82) is 0 Å². The molecular weight excluding hydrogens is 266 g/mol. The summed E-state index contributed by atoms with van der Waals surface area (Å²) in [6.45, 7) is 9.38. The number of nitrogens with zero attached hydrogens (tertiary/aromatic N) is 1. The topological polar surface area (TPSA) is 61.4 Å². The lowest BCUT2D eigenvalue weighted by molar-refractivity contribution is -0.146. The fourth-order valence-electron chi connectivity index (χ4n) is 2.95. The Bertz CT molecular complexity index is 338. The molecule has 0 spiro atoms. The van der Waals surface area contributed by atoms with E-state index in [2.05, 4.69) is 17.6 Å². The van der Waals surface area contributed by atoms with E-state index < -0.39 is 0 Å². The quantitative estimate of drug-likeness (QED) is 0.714. The molecule has 0 aliphatic carbocycles. The molecule has 1 saturated heterocycles. The molecule has 1 fully saturated rings. The molecule has 0 saturated carbocycles. The SMILES string of the molecule is CCCNC(=O)CN(CCC)C(=O)C1(CC)CCCNC1. The van der Waals surface area contributed by atoms with Gasteiger partial charge in [-0.15, -0.1) is 0 Å². The lowest BCUT2D eigenvalue weighted by Crippen LogP contribution is -2.53. The molecule has 0 bridgehead atoms. The Morgan fingerprint density at radius 1 is 1.24 bits per heavy atom. The smallest absolute Gasteiger partial charge is 0.239 e. The van der Waals surface area contributed by atoms with Crippen LogP contribution in [0, 0.1) is 5.41 Å². The Balaban J connectivity index is 2.72. The van der Waals surface area contributed by atoms with E-state index in [4.69, 9.17) is 0 Å². The highest BCUT2D eigenvalue weighted by Gasteiger charge is 2.40. The summed E-state index contributed by atoms with van der Waals surface area (Å²) in [6.07, 6.45) is 4.57. The van der Waals surface area contributed by atoms with E-state index in [1.807, 2.05) is 13.8 Å². The summed E-state index contributed by atoms with van der Waals surface area (Å²) < 4.78 is 0. The van der Waals surface area contributed by atoms with Gasteiger partial charge in [0.1, 0.15) is 0 Å². The Morgan fingerprint density at radius 3 is 2.52 bits per heavy atom. The number of nitrogens with one attached hydrogen (secondary N) is 2. The van der Waals surface area contributed by atoms with Crippen LogP contribution in [0.3, 0.4) is 0 Å². The lowest BCUT2D eigenvalue weighted by atomic mass is 9.77. The molecule has 5 heteroatoms. The minimum absolute atomic E-state index is 0.0475. The van der Waals surface area contributed by atoms with Gasteiger partial charge in [-0.2, -0.15) is 0 Å². The monoisotopic (exact) mass is 297 g/mol. The molecule has 0 aromatic heterocycles. The normalized spacial score (nSPS) is 21.9. The van der Waals surface area contributed by atoms with E-state index in [9.17, 15) is 9.59 Å². The van der Waals surface area contributed by atoms with Crippen molar-refractivity contribution in [3.05, 3.63) is 0 Å². The van der Waals surface area contributed by atoms with Gasteiger partial charge < -0.3 is 15.5 Å². The fraction of sp³-hybridized carbons (Fsp3) is 0.875. The molecule has 1 heterocycles. The highest BCUT2D eigenvalue weighted by atomic mass is 16.2. The summed E-state index contributed by atoms with van der Waals surface area (Å²) in [5.74, 6) is 0.0966. The number of piperidine rings is 1. The first-order valence-electron chi connectivity index (χ1n) is 8.36. The van der Waals surface area contributed by atoms with Crippen LogP contribution >= 0.6 is 0 Å². The van der Waals surface area contributed by atoms with Gasteiger partial charge in [-0.3, -0.25) is 9.59 Å². The highest BCUT2D eigenvalue weighted by Crippen LogP contribution is 2.32. The van der Waals surface area contributed by atoms with Crippen LogP contribution in [-0.4, -0.2) is 49.4 Å². The molecule has 21 heavy (non-hydrogen) atoms. The second-order valence-corrected chi connectivity index (χ2v) is 5.99. The first-order valence-corrected chi connectivity index (χ1v) is 8.36. The van der Waals surface area contributed by atoms with Crippen molar-refractivity contribution in [3.8, 4) is 0 Å². The molecule has 0 aromatic carbocycles. The van der Waals surface area contributed by atoms with Crippen molar-refractivity contribution in [2.45, 2.75) is 52.9 Å². The van der Waals surface area contributed by atoms with Gasteiger partial charge in [0.2, 0.25) is 11.8 Å². The maximum absolute atomic E-state index is 13.0. The number of carbonyl (C=O) groups excluding carboxylic acids is 2. The summed E-state index contributed by atoms with van der Waals surface area (Å²) in [6, 6.07) is 0. The second-order valence-electron chi connectivity index (χ2n) is 5.99. The summed E-state index contributed by atoms with van der Waals surface area (Å²) in [4.78, 5) is 26.7. The average molecular weight is 297 g/mol. The van der Waals surface area contributed by atoms with E-state index in [0.717, 1.165) is 45.2 Å². The van der Waals surface area contributed by atoms with Crippen molar-refractivity contribution >= 4 is 11.8 Å². The van der Waals surface area contributed by atoms with E-state index in [1.54, 1.807) is 4.90 Å². The van der Waals surface area contributed by atoms with E-state index in [-0.39, 0.29) is 23.8 Å². The third-order valence-electron chi connectivity index (χ3n) is 4.29. The fourth-order valence-corrected chi connectivity index (χ4v) is 2.95. The van der Waals surface area contributed by atoms with Crippen molar-refractivity contribution in [2.24, 2.45) is 5.41 Å². The molecule has 5 nitrogen and oxygen atoms in total. The molecule has 1 aliphatic heterocycles. The van der Waals surface area contributed by atoms with Gasteiger partial charge >= 0.3 is 0 Å². The predicted octanol–water partition coefficient (Wildman–Crippen LogP) is 1.53. The van der Waals surface area contributed by atoms with Crippen LogP contribution in [0.4, 0.5) is 0 Å². The van der Waals surface area contributed by atoms with Gasteiger partial charge in [0.15, 0.2) is 0 Å². The summed E-state index contributed by atoms with van der Waals surface area (Å²) in [5.41, 5.74) is -0.321. The van der Waals surface area contributed by atoms with Crippen LogP contribution in [-0.2, 0) is 9.59 Å². The number of rotatable bonds is 8. The molecule has 0 aromatic rings. The van der Waals surface area contributed by atoms with Crippen LogP contribution < -0.4 is 10.6 Å². The Hall–Kier alpha value is -1.10. The molecule has 0 radical (unpaired) electrons. The van der Waals surface area contributed by atoms with Crippen LogP contribution in [0.25, 0.3) is 0 Å². The first-order chi connectivity index (χ1) is 10.1. The second kappa shape index (κ2) is 9.03. The van der Waals surface area contributed by atoms with Gasteiger partial charge in [-0.05, 0) is 38.6 Å². The average Bonchev–Trinajstić information content (AvgIpc) is 2.52. The van der Waals surface area contributed by atoms with Crippen LogP contribution in [0.5, 0.6) is 0 Å². The van der Waals surface area contributed by atoms with Gasteiger partial charge in [0.25, 0.3) is 0 Å².